The van der Waals surface area contributed by atoms with E-state index in [4.69, 9.17) is 4.74 Å². The van der Waals surface area contributed by atoms with E-state index in [2.05, 4.69) is 6.58 Å². The molecule has 2 aliphatic rings. The van der Waals surface area contributed by atoms with Gasteiger partial charge in [-0.1, -0.05) is 19.4 Å². The third-order valence-electron chi connectivity index (χ3n) is 4.23. The molecule has 1 aliphatic carbocycles. The van der Waals surface area contributed by atoms with E-state index in [9.17, 15) is 4.79 Å². The molecule has 17 heavy (non-hydrogen) atoms. The molecule has 0 aromatic heterocycles. The van der Waals surface area contributed by atoms with E-state index in [0.717, 1.165) is 24.3 Å². The molecule has 96 valence electrons. The third-order valence-corrected chi connectivity index (χ3v) is 4.23. The first-order chi connectivity index (χ1) is 8.16. The molecule has 3 atom stereocenters. The number of Topliss-reactive ketones (excluding diaryl/α,β-unsaturated/α-hetero) is 1. The second-order valence-corrected chi connectivity index (χ2v) is 5.65. The second-order valence-electron chi connectivity index (χ2n) is 5.65. The van der Waals surface area contributed by atoms with E-state index >= 15 is 0 Å². The van der Waals surface area contributed by atoms with Crippen LogP contribution in [0, 0.1) is 5.92 Å². The fourth-order valence-electron chi connectivity index (χ4n) is 3.13. The lowest BCUT2D eigenvalue weighted by atomic mass is 9.80. The molecule has 0 amide bonds. The topological polar surface area (TPSA) is 26.3 Å². The second kappa shape index (κ2) is 5.81. The largest absolute Gasteiger partial charge is 0.370 e. The maximum absolute atomic E-state index is 11.0. The Morgan fingerprint density at radius 2 is 1.94 bits per heavy atom. The summed E-state index contributed by atoms with van der Waals surface area (Å²) >= 11 is 0. The van der Waals surface area contributed by atoms with Crippen LogP contribution < -0.4 is 0 Å². The first-order valence-electron chi connectivity index (χ1n) is 6.99. The number of ether oxygens (including phenoxy) is 1. The van der Waals surface area contributed by atoms with Crippen LogP contribution in [0.3, 0.4) is 0 Å². The van der Waals surface area contributed by atoms with Crippen molar-refractivity contribution in [2.45, 2.75) is 70.5 Å². The molecule has 0 bridgehead atoms. The summed E-state index contributed by atoms with van der Waals surface area (Å²) in [4.78, 5) is 11.0. The van der Waals surface area contributed by atoms with Gasteiger partial charge in [-0.05, 0) is 50.5 Å². The quantitative estimate of drug-likeness (QED) is 0.696. The number of fused-ring (bicyclic) bond motifs is 1. The average Bonchev–Trinajstić information content (AvgIpc) is 2.35. The van der Waals surface area contributed by atoms with E-state index in [1.807, 2.05) is 0 Å². The van der Waals surface area contributed by atoms with Gasteiger partial charge in [-0.15, -0.1) is 0 Å². The fourth-order valence-corrected chi connectivity index (χ4v) is 3.13. The van der Waals surface area contributed by atoms with Crippen LogP contribution in [-0.4, -0.2) is 18.0 Å². The Morgan fingerprint density at radius 1 is 1.18 bits per heavy atom. The van der Waals surface area contributed by atoms with Crippen LogP contribution in [0.15, 0.2) is 12.2 Å². The maximum atomic E-state index is 11.0. The highest BCUT2D eigenvalue weighted by Crippen LogP contribution is 2.37. The van der Waals surface area contributed by atoms with Crippen LogP contribution in [0.25, 0.3) is 0 Å². The maximum Gasteiger partial charge on any atom is 0.130 e. The summed E-state index contributed by atoms with van der Waals surface area (Å²) in [6.45, 7) is 5.76. The van der Waals surface area contributed by atoms with Gasteiger partial charge in [0.1, 0.15) is 5.78 Å². The molecule has 0 N–H and O–H groups in total. The highest BCUT2D eigenvalue weighted by atomic mass is 16.5. The first kappa shape index (κ1) is 12.8. The molecule has 1 saturated heterocycles. The standard InChI is InChI=1S/C15H24O2/c1-11(7-8-12(2)16)14-10-9-13-5-3-4-6-15(13)17-14/h13-15H,1,3-10H2,2H3/t13-,14+,15+/m1/s1. The molecule has 2 heteroatoms. The lowest BCUT2D eigenvalue weighted by Crippen LogP contribution is -2.37. The normalized spacial score (nSPS) is 32.9. The Kier molecular flexibility index (Phi) is 4.38. The Balaban J connectivity index is 1.82. The summed E-state index contributed by atoms with van der Waals surface area (Å²) in [5, 5.41) is 0. The molecule has 2 fully saturated rings. The van der Waals surface area contributed by atoms with Crippen LogP contribution >= 0.6 is 0 Å². The van der Waals surface area contributed by atoms with Gasteiger partial charge in [-0.3, -0.25) is 0 Å². The van der Waals surface area contributed by atoms with Crippen molar-refractivity contribution in [3.8, 4) is 0 Å². The number of rotatable bonds is 4. The number of hydrogen-bond acceptors (Lipinski definition) is 2. The Bertz CT molecular complexity index is 295. The van der Waals surface area contributed by atoms with Crippen molar-refractivity contribution in [3.63, 3.8) is 0 Å². The third kappa shape index (κ3) is 3.41. The number of carbonyl (C=O) groups is 1. The van der Waals surface area contributed by atoms with Crippen LogP contribution in [0.5, 0.6) is 0 Å². The number of ketones is 1. The monoisotopic (exact) mass is 236 g/mol. The molecule has 0 aromatic carbocycles. The van der Waals surface area contributed by atoms with Crippen LogP contribution in [0.4, 0.5) is 0 Å². The van der Waals surface area contributed by atoms with Crippen molar-refractivity contribution in [3.05, 3.63) is 12.2 Å². The SMILES string of the molecule is C=C(CCC(C)=O)[C@@H]1CC[C@H]2CCCC[C@@H]2O1. The molecule has 0 spiro atoms. The zero-order valence-corrected chi connectivity index (χ0v) is 10.9. The molecule has 2 rings (SSSR count). The summed E-state index contributed by atoms with van der Waals surface area (Å²) in [6, 6.07) is 0. The van der Waals surface area contributed by atoms with Gasteiger partial charge in [0.15, 0.2) is 0 Å². The fraction of sp³-hybridized carbons (Fsp3) is 0.800. The van der Waals surface area contributed by atoms with Crippen molar-refractivity contribution in [1.82, 2.24) is 0 Å². The minimum absolute atomic E-state index is 0.216. The van der Waals surface area contributed by atoms with Crippen molar-refractivity contribution in [1.29, 1.82) is 0 Å². The lowest BCUT2D eigenvalue weighted by Gasteiger charge is -2.40. The van der Waals surface area contributed by atoms with Gasteiger partial charge in [0, 0.05) is 6.42 Å². The smallest absolute Gasteiger partial charge is 0.130 e. The zero-order chi connectivity index (χ0) is 12.3. The molecule has 1 heterocycles. The van der Waals surface area contributed by atoms with Gasteiger partial charge in [-0.2, -0.15) is 0 Å². The van der Waals surface area contributed by atoms with E-state index in [0.29, 0.717) is 12.5 Å². The molecule has 2 nitrogen and oxygen atoms in total. The summed E-state index contributed by atoms with van der Waals surface area (Å²) in [6.07, 6.45) is 9.76. The van der Waals surface area contributed by atoms with Crippen molar-refractivity contribution in [2.24, 2.45) is 5.92 Å². The highest BCUT2D eigenvalue weighted by molar-refractivity contribution is 5.75. The minimum atomic E-state index is 0.216. The minimum Gasteiger partial charge on any atom is -0.370 e. The van der Waals surface area contributed by atoms with E-state index in [1.54, 1.807) is 6.92 Å². The van der Waals surface area contributed by atoms with E-state index < -0.39 is 0 Å². The van der Waals surface area contributed by atoms with E-state index in [-0.39, 0.29) is 11.9 Å². The molecule has 1 saturated carbocycles. The summed E-state index contributed by atoms with van der Waals surface area (Å²) < 4.78 is 6.17. The highest BCUT2D eigenvalue weighted by Gasteiger charge is 2.33. The molecular weight excluding hydrogens is 212 g/mol. The summed E-state index contributed by atoms with van der Waals surface area (Å²) in [7, 11) is 0. The van der Waals surface area contributed by atoms with Crippen LogP contribution in [0.1, 0.15) is 58.3 Å². The van der Waals surface area contributed by atoms with Gasteiger partial charge in [0.05, 0.1) is 12.2 Å². The Labute approximate surface area is 104 Å². The molecule has 0 unspecified atom stereocenters. The molecular formula is C15H24O2. The lowest BCUT2D eigenvalue weighted by molar-refractivity contribution is -0.117. The molecule has 0 radical (unpaired) electrons. The average molecular weight is 236 g/mol. The summed E-state index contributed by atoms with van der Waals surface area (Å²) in [5.41, 5.74) is 1.13. The summed E-state index contributed by atoms with van der Waals surface area (Å²) in [5.74, 6) is 1.04. The molecule has 0 aromatic rings. The van der Waals surface area contributed by atoms with Gasteiger partial charge in [0.25, 0.3) is 0 Å². The number of hydrogen-bond donors (Lipinski definition) is 0. The van der Waals surface area contributed by atoms with Gasteiger partial charge in [0.2, 0.25) is 0 Å². The first-order valence-corrected chi connectivity index (χ1v) is 6.99. The number of carbonyl (C=O) groups excluding carboxylic acids is 1. The van der Waals surface area contributed by atoms with Gasteiger partial charge in [-0.25, -0.2) is 0 Å². The van der Waals surface area contributed by atoms with Crippen molar-refractivity contribution in [2.75, 3.05) is 0 Å². The predicted molar refractivity (Wildman–Crippen MR) is 68.9 cm³/mol. The van der Waals surface area contributed by atoms with E-state index in [1.165, 1.54) is 32.1 Å². The Morgan fingerprint density at radius 3 is 2.71 bits per heavy atom. The van der Waals surface area contributed by atoms with Gasteiger partial charge >= 0.3 is 0 Å². The van der Waals surface area contributed by atoms with Crippen LogP contribution in [0.2, 0.25) is 0 Å². The van der Waals surface area contributed by atoms with Crippen LogP contribution in [-0.2, 0) is 9.53 Å². The Hall–Kier alpha value is -0.630. The predicted octanol–water partition coefficient (Wildman–Crippen LogP) is 3.65. The van der Waals surface area contributed by atoms with Crippen molar-refractivity contribution < 1.29 is 9.53 Å². The molecule has 1 aliphatic heterocycles. The zero-order valence-electron chi connectivity index (χ0n) is 10.9. The van der Waals surface area contributed by atoms with Crippen molar-refractivity contribution >= 4 is 5.78 Å². The van der Waals surface area contributed by atoms with Gasteiger partial charge < -0.3 is 9.53 Å².